The molecule has 0 amide bonds. The van der Waals surface area contributed by atoms with Crippen molar-refractivity contribution in [3.8, 4) is 17.2 Å². The first kappa shape index (κ1) is 20.7. The number of rotatable bonds is 10. The second-order valence-corrected chi connectivity index (χ2v) is 7.70. The van der Waals surface area contributed by atoms with E-state index >= 15 is 0 Å². The summed E-state index contributed by atoms with van der Waals surface area (Å²) in [7, 11) is 0. The van der Waals surface area contributed by atoms with Crippen LogP contribution in [0.3, 0.4) is 0 Å². The third kappa shape index (κ3) is 4.89. The maximum absolute atomic E-state index is 10.8. The normalized spacial score (nSPS) is 26.5. The first-order chi connectivity index (χ1) is 13.5. The van der Waals surface area contributed by atoms with Gasteiger partial charge in [0.1, 0.15) is 12.2 Å². The highest BCUT2D eigenvalue weighted by Gasteiger charge is 2.48. The van der Waals surface area contributed by atoms with Crippen LogP contribution in [0.1, 0.15) is 51.9 Å². The lowest BCUT2D eigenvalue weighted by molar-refractivity contribution is -0.139. The Balaban J connectivity index is 1.62. The molecule has 2 aliphatic rings. The van der Waals surface area contributed by atoms with Crippen molar-refractivity contribution in [2.45, 2.75) is 76.3 Å². The van der Waals surface area contributed by atoms with Crippen LogP contribution in [-0.4, -0.2) is 52.3 Å². The lowest BCUT2D eigenvalue weighted by atomic mass is 9.93. The van der Waals surface area contributed by atoms with Gasteiger partial charge in [-0.3, -0.25) is 0 Å². The van der Waals surface area contributed by atoms with Gasteiger partial charge >= 0.3 is 5.97 Å². The van der Waals surface area contributed by atoms with Crippen LogP contribution < -0.4 is 14.2 Å². The molecule has 3 N–H and O–H groups in total. The molecule has 5 atom stereocenters. The van der Waals surface area contributed by atoms with Crippen LogP contribution in [0.25, 0.3) is 0 Å². The first-order valence-electron chi connectivity index (χ1n) is 10.2. The first-order valence-corrected chi connectivity index (χ1v) is 10.2. The molecule has 156 valence electrons. The average Bonchev–Trinajstić information content (AvgIpc) is 2.97. The molecule has 0 aromatic heterocycles. The molecule has 1 aliphatic carbocycles. The van der Waals surface area contributed by atoms with Crippen LogP contribution in [0.4, 0.5) is 0 Å². The summed E-state index contributed by atoms with van der Waals surface area (Å²) in [5.41, 5.74) is 0. The molecule has 7 nitrogen and oxygen atoms in total. The van der Waals surface area contributed by atoms with E-state index in [1.54, 1.807) is 18.2 Å². The SMILES string of the molecule is CCCCCC(O)CC[C@H]1[C@@H]2Oc3cccc(OCC(=O)O)c3O[C@@H]2C[C@@H]1O. The third-order valence-corrected chi connectivity index (χ3v) is 5.56. The van der Waals surface area contributed by atoms with Crippen molar-refractivity contribution in [2.75, 3.05) is 6.61 Å². The number of para-hydroxylation sites is 1. The van der Waals surface area contributed by atoms with Crippen molar-refractivity contribution in [2.24, 2.45) is 5.92 Å². The van der Waals surface area contributed by atoms with Crippen LogP contribution in [0.2, 0.25) is 0 Å². The number of benzene rings is 1. The number of carbonyl (C=O) groups is 1. The molecule has 1 saturated carbocycles. The Morgan fingerprint density at radius 2 is 2.11 bits per heavy atom. The van der Waals surface area contributed by atoms with E-state index < -0.39 is 18.7 Å². The summed E-state index contributed by atoms with van der Waals surface area (Å²) in [6, 6.07) is 5.11. The minimum Gasteiger partial charge on any atom is -0.482 e. The monoisotopic (exact) mass is 394 g/mol. The molecule has 0 saturated heterocycles. The minimum atomic E-state index is -1.07. The second-order valence-electron chi connectivity index (χ2n) is 7.70. The van der Waals surface area contributed by atoms with Crippen molar-refractivity contribution in [1.29, 1.82) is 0 Å². The number of ether oxygens (including phenoxy) is 3. The van der Waals surface area contributed by atoms with Gasteiger partial charge in [0.15, 0.2) is 18.1 Å². The Hall–Kier alpha value is -1.99. The number of fused-ring (bicyclic) bond motifs is 2. The molecular weight excluding hydrogens is 364 g/mol. The Labute approximate surface area is 165 Å². The molecule has 28 heavy (non-hydrogen) atoms. The van der Waals surface area contributed by atoms with E-state index in [2.05, 4.69) is 6.92 Å². The van der Waals surface area contributed by atoms with Gasteiger partial charge in [-0.15, -0.1) is 0 Å². The number of aliphatic hydroxyl groups excluding tert-OH is 2. The number of unbranched alkanes of at least 4 members (excludes halogenated alkanes) is 2. The number of aliphatic carboxylic acids is 1. The van der Waals surface area contributed by atoms with E-state index in [4.69, 9.17) is 19.3 Å². The fourth-order valence-electron chi connectivity index (χ4n) is 4.09. The molecule has 7 heteroatoms. The van der Waals surface area contributed by atoms with Crippen molar-refractivity contribution in [1.82, 2.24) is 0 Å². The standard InChI is InChI=1S/C21H30O7/c1-2-3-4-6-13(22)9-10-14-15(23)11-18-20(14)27-17-8-5-7-16(21(17)28-18)26-12-19(24)25/h5,7-8,13-15,18,20,22-23H,2-4,6,9-12H2,1H3,(H,24,25)/t13?,14-,15+,18-,20+/m1/s1. The molecule has 1 unspecified atom stereocenters. The lowest BCUT2D eigenvalue weighted by Crippen LogP contribution is -2.40. The molecule has 1 aromatic rings. The predicted molar refractivity (Wildman–Crippen MR) is 102 cm³/mol. The maximum Gasteiger partial charge on any atom is 0.341 e. The fourth-order valence-corrected chi connectivity index (χ4v) is 4.09. The van der Waals surface area contributed by atoms with Gasteiger partial charge in [0, 0.05) is 12.3 Å². The predicted octanol–water partition coefficient (Wildman–Crippen LogP) is 2.76. The molecular formula is C21H30O7. The third-order valence-electron chi connectivity index (χ3n) is 5.56. The summed E-state index contributed by atoms with van der Waals surface area (Å²) in [5, 5.41) is 29.5. The van der Waals surface area contributed by atoms with Crippen LogP contribution in [0.15, 0.2) is 18.2 Å². The fraction of sp³-hybridized carbons (Fsp3) is 0.667. The van der Waals surface area contributed by atoms with Crippen LogP contribution >= 0.6 is 0 Å². The summed E-state index contributed by atoms with van der Waals surface area (Å²) >= 11 is 0. The summed E-state index contributed by atoms with van der Waals surface area (Å²) in [6.07, 6.45) is 4.26. The number of hydrogen-bond acceptors (Lipinski definition) is 6. The zero-order valence-electron chi connectivity index (χ0n) is 16.3. The number of aliphatic hydroxyl groups is 2. The summed E-state index contributed by atoms with van der Waals surface area (Å²) in [5.74, 6) is 0.0236. The molecule has 1 heterocycles. The van der Waals surface area contributed by atoms with Gasteiger partial charge in [-0.1, -0.05) is 32.3 Å². The Morgan fingerprint density at radius 3 is 2.86 bits per heavy atom. The zero-order chi connectivity index (χ0) is 20.1. The molecule has 0 bridgehead atoms. The minimum absolute atomic E-state index is 0.109. The quantitative estimate of drug-likeness (QED) is 0.524. The summed E-state index contributed by atoms with van der Waals surface area (Å²) < 4.78 is 17.5. The van der Waals surface area contributed by atoms with E-state index in [0.29, 0.717) is 36.5 Å². The van der Waals surface area contributed by atoms with Crippen molar-refractivity contribution >= 4 is 5.97 Å². The molecule has 3 rings (SSSR count). The van der Waals surface area contributed by atoms with Gasteiger partial charge in [-0.2, -0.15) is 0 Å². The van der Waals surface area contributed by atoms with E-state index in [-0.39, 0.29) is 24.2 Å². The zero-order valence-corrected chi connectivity index (χ0v) is 16.3. The van der Waals surface area contributed by atoms with Crippen LogP contribution in [-0.2, 0) is 4.79 Å². The van der Waals surface area contributed by atoms with Gasteiger partial charge in [-0.05, 0) is 31.4 Å². The second kappa shape index (κ2) is 9.47. The number of carboxylic acid groups (broad SMARTS) is 1. The molecule has 0 radical (unpaired) electrons. The van der Waals surface area contributed by atoms with Crippen molar-refractivity contribution in [3.63, 3.8) is 0 Å². The highest BCUT2D eigenvalue weighted by atomic mass is 16.6. The van der Waals surface area contributed by atoms with Gasteiger partial charge in [0.25, 0.3) is 0 Å². The number of carboxylic acids is 1. The van der Waals surface area contributed by atoms with Crippen LogP contribution in [0, 0.1) is 5.92 Å². The smallest absolute Gasteiger partial charge is 0.341 e. The van der Waals surface area contributed by atoms with E-state index in [0.717, 1.165) is 25.7 Å². The molecule has 1 aliphatic heterocycles. The molecule has 1 fully saturated rings. The highest BCUT2D eigenvalue weighted by molar-refractivity contribution is 5.68. The van der Waals surface area contributed by atoms with Gasteiger partial charge in [0.2, 0.25) is 5.75 Å². The summed E-state index contributed by atoms with van der Waals surface area (Å²) in [4.78, 5) is 10.8. The molecule has 1 aromatic carbocycles. The average molecular weight is 394 g/mol. The van der Waals surface area contributed by atoms with Crippen molar-refractivity contribution < 1.29 is 34.3 Å². The van der Waals surface area contributed by atoms with Gasteiger partial charge in [0.05, 0.1) is 12.2 Å². The Bertz CT molecular complexity index is 662. The van der Waals surface area contributed by atoms with Crippen LogP contribution in [0.5, 0.6) is 17.2 Å². The van der Waals surface area contributed by atoms with E-state index in [1.807, 2.05) is 0 Å². The highest BCUT2D eigenvalue weighted by Crippen LogP contribution is 2.47. The largest absolute Gasteiger partial charge is 0.482 e. The van der Waals surface area contributed by atoms with Gasteiger partial charge < -0.3 is 29.5 Å². The lowest BCUT2D eigenvalue weighted by Gasteiger charge is -2.33. The topological polar surface area (TPSA) is 105 Å². The van der Waals surface area contributed by atoms with Crippen molar-refractivity contribution in [3.05, 3.63) is 18.2 Å². The maximum atomic E-state index is 10.8. The van der Waals surface area contributed by atoms with Gasteiger partial charge in [-0.25, -0.2) is 4.79 Å². The van der Waals surface area contributed by atoms with E-state index in [1.165, 1.54) is 0 Å². The Morgan fingerprint density at radius 1 is 1.29 bits per heavy atom. The Kier molecular flexibility index (Phi) is 7.02. The molecule has 0 spiro atoms. The number of hydrogen-bond donors (Lipinski definition) is 3. The van der Waals surface area contributed by atoms with E-state index in [9.17, 15) is 15.0 Å². The summed E-state index contributed by atoms with van der Waals surface area (Å²) in [6.45, 7) is 1.67.